The fraction of sp³-hybridized carbons (Fsp3) is 0.200. The lowest BCUT2D eigenvalue weighted by molar-refractivity contribution is -0.137. The number of anilines is 1. The van der Waals surface area contributed by atoms with Gasteiger partial charge in [0.05, 0.1) is 18.2 Å². The molecule has 2 aromatic carbocycles. The highest BCUT2D eigenvalue weighted by Crippen LogP contribution is 2.36. The van der Waals surface area contributed by atoms with E-state index < -0.39 is 29.4 Å². The van der Waals surface area contributed by atoms with E-state index in [1.165, 1.54) is 35.2 Å². The smallest absolute Gasteiger partial charge is 0.417 e. The number of rotatable bonds is 3. The number of hydrogen-bond donors (Lipinski definition) is 2. The van der Waals surface area contributed by atoms with Crippen molar-refractivity contribution < 1.29 is 27.8 Å². The molecule has 2 heterocycles. The molecule has 1 amide bonds. The van der Waals surface area contributed by atoms with Gasteiger partial charge < -0.3 is 14.8 Å². The predicted molar refractivity (Wildman–Crippen MR) is 99.7 cm³/mol. The molecular weight excluding hydrogens is 389 g/mol. The van der Waals surface area contributed by atoms with Gasteiger partial charge in [-0.1, -0.05) is 24.3 Å². The van der Waals surface area contributed by atoms with Crippen molar-refractivity contribution in [2.24, 2.45) is 0 Å². The maximum absolute atomic E-state index is 13.3. The molecule has 3 aromatic rings. The molecule has 29 heavy (non-hydrogen) atoms. The number of benzene rings is 2. The molecule has 0 bridgehead atoms. The summed E-state index contributed by atoms with van der Waals surface area (Å²) in [6, 6.07) is 10.4. The van der Waals surface area contributed by atoms with Gasteiger partial charge in [0.15, 0.2) is 0 Å². The van der Waals surface area contributed by atoms with Crippen LogP contribution in [0.25, 0.3) is 22.0 Å². The molecule has 150 valence electrons. The molecule has 6 nitrogen and oxygen atoms in total. The molecule has 0 radical (unpaired) electrons. The zero-order valence-electron chi connectivity index (χ0n) is 14.9. The molecule has 0 aliphatic carbocycles. The standard InChI is InChI=1S/C20H15F3N2O4/c21-20(22,23)16-4-2-1-3-14(16)17-7-11-5-6-12(8-15(11)18(27)24-17)25-13(9-26)10-29-19(25)28/h1-8,13,26H,9-10H2,(H,24,27)/t13-/m1/s1. The second-order valence-corrected chi connectivity index (χ2v) is 6.61. The Balaban J connectivity index is 1.83. The minimum atomic E-state index is -4.57. The van der Waals surface area contributed by atoms with Gasteiger partial charge in [-0.15, -0.1) is 0 Å². The van der Waals surface area contributed by atoms with Gasteiger partial charge in [0.2, 0.25) is 0 Å². The lowest BCUT2D eigenvalue weighted by Gasteiger charge is -2.20. The summed E-state index contributed by atoms with van der Waals surface area (Å²) in [7, 11) is 0. The number of carbonyl (C=O) groups excluding carboxylic acids is 1. The first-order chi connectivity index (χ1) is 13.8. The normalized spacial score (nSPS) is 17.0. The number of halogens is 3. The number of nitrogens with zero attached hydrogens (tertiary/aromatic N) is 1. The van der Waals surface area contributed by atoms with Crippen LogP contribution in [0.2, 0.25) is 0 Å². The number of fused-ring (bicyclic) bond motifs is 1. The molecule has 1 aliphatic heterocycles. The Bertz CT molecular complexity index is 1160. The van der Waals surface area contributed by atoms with E-state index in [-0.39, 0.29) is 29.9 Å². The van der Waals surface area contributed by atoms with E-state index in [9.17, 15) is 27.9 Å². The first-order valence-electron chi connectivity index (χ1n) is 8.70. The second-order valence-electron chi connectivity index (χ2n) is 6.61. The van der Waals surface area contributed by atoms with E-state index >= 15 is 0 Å². The fourth-order valence-corrected chi connectivity index (χ4v) is 3.42. The van der Waals surface area contributed by atoms with Gasteiger partial charge in [-0.2, -0.15) is 13.2 Å². The number of H-pyrrole nitrogens is 1. The average molecular weight is 404 g/mol. The molecule has 1 atom stereocenters. The third-order valence-corrected chi connectivity index (χ3v) is 4.80. The van der Waals surface area contributed by atoms with Crippen LogP contribution < -0.4 is 10.5 Å². The van der Waals surface area contributed by atoms with Gasteiger partial charge in [-0.3, -0.25) is 9.69 Å². The molecule has 0 saturated carbocycles. The highest BCUT2D eigenvalue weighted by atomic mass is 19.4. The lowest BCUT2D eigenvalue weighted by atomic mass is 10.0. The van der Waals surface area contributed by atoms with Crippen LogP contribution in [0, 0.1) is 0 Å². The van der Waals surface area contributed by atoms with E-state index in [2.05, 4.69) is 4.98 Å². The monoisotopic (exact) mass is 404 g/mol. The number of alkyl halides is 3. The third kappa shape index (κ3) is 3.33. The number of aliphatic hydroxyl groups is 1. The quantitative estimate of drug-likeness (QED) is 0.700. The van der Waals surface area contributed by atoms with Crippen LogP contribution >= 0.6 is 0 Å². The molecule has 1 fully saturated rings. The van der Waals surface area contributed by atoms with Crippen LogP contribution in [0.1, 0.15) is 5.56 Å². The number of carbonyl (C=O) groups is 1. The van der Waals surface area contributed by atoms with Crippen molar-refractivity contribution in [2.75, 3.05) is 18.1 Å². The number of pyridine rings is 1. The Morgan fingerprint density at radius 1 is 1.14 bits per heavy atom. The SMILES string of the molecule is O=C1OC[C@@H](CO)N1c1ccc2cc(-c3ccccc3C(F)(F)F)[nH]c(=O)c2c1. The van der Waals surface area contributed by atoms with E-state index in [0.29, 0.717) is 11.1 Å². The Labute approximate surface area is 162 Å². The minimum Gasteiger partial charge on any atom is -0.447 e. The number of aromatic amines is 1. The van der Waals surface area contributed by atoms with E-state index in [0.717, 1.165) is 6.07 Å². The minimum absolute atomic E-state index is 0.0247. The molecule has 1 saturated heterocycles. The van der Waals surface area contributed by atoms with Crippen LogP contribution in [-0.4, -0.2) is 35.4 Å². The van der Waals surface area contributed by atoms with Crippen molar-refractivity contribution >= 4 is 22.6 Å². The third-order valence-electron chi connectivity index (χ3n) is 4.80. The predicted octanol–water partition coefficient (Wildman–Crippen LogP) is 3.53. The Hall–Kier alpha value is -3.33. The molecular formula is C20H15F3N2O4. The van der Waals surface area contributed by atoms with Gasteiger partial charge in [-0.05, 0) is 29.7 Å². The van der Waals surface area contributed by atoms with Gasteiger partial charge in [-0.25, -0.2) is 4.79 Å². The van der Waals surface area contributed by atoms with E-state index in [1.54, 1.807) is 12.1 Å². The Morgan fingerprint density at radius 2 is 1.90 bits per heavy atom. The average Bonchev–Trinajstić information content (AvgIpc) is 3.07. The first kappa shape index (κ1) is 19.0. The van der Waals surface area contributed by atoms with Crippen LogP contribution in [0.5, 0.6) is 0 Å². The summed E-state index contributed by atoms with van der Waals surface area (Å²) >= 11 is 0. The fourth-order valence-electron chi connectivity index (χ4n) is 3.42. The number of aliphatic hydroxyl groups excluding tert-OH is 1. The van der Waals surface area contributed by atoms with Crippen molar-refractivity contribution in [3.05, 3.63) is 64.4 Å². The molecule has 2 N–H and O–H groups in total. The van der Waals surface area contributed by atoms with Crippen molar-refractivity contribution in [1.82, 2.24) is 4.98 Å². The van der Waals surface area contributed by atoms with E-state index in [1.807, 2.05) is 0 Å². The van der Waals surface area contributed by atoms with Crippen molar-refractivity contribution in [2.45, 2.75) is 12.2 Å². The summed E-state index contributed by atoms with van der Waals surface area (Å²) in [4.78, 5) is 28.3. The topological polar surface area (TPSA) is 82.6 Å². The van der Waals surface area contributed by atoms with Gasteiger partial charge >= 0.3 is 12.3 Å². The number of ether oxygens (including phenoxy) is 1. The maximum Gasteiger partial charge on any atom is 0.417 e. The summed E-state index contributed by atoms with van der Waals surface area (Å²) in [5, 5.41) is 10.0. The molecule has 0 unspecified atom stereocenters. The summed E-state index contributed by atoms with van der Waals surface area (Å²) in [6.07, 6.45) is -5.21. The summed E-state index contributed by atoms with van der Waals surface area (Å²) in [5.74, 6) is 0. The second kappa shape index (κ2) is 6.93. The Kier molecular flexibility index (Phi) is 4.54. The van der Waals surface area contributed by atoms with Crippen molar-refractivity contribution in [3.63, 3.8) is 0 Å². The maximum atomic E-state index is 13.3. The summed E-state index contributed by atoms with van der Waals surface area (Å²) < 4.78 is 44.9. The first-order valence-corrected chi connectivity index (χ1v) is 8.70. The van der Waals surface area contributed by atoms with Gasteiger partial charge in [0.25, 0.3) is 5.56 Å². The number of nitrogens with one attached hydrogen (secondary N) is 1. The van der Waals surface area contributed by atoms with Crippen molar-refractivity contribution in [1.29, 1.82) is 0 Å². The van der Waals surface area contributed by atoms with Crippen molar-refractivity contribution in [3.8, 4) is 11.3 Å². The lowest BCUT2D eigenvalue weighted by Crippen LogP contribution is -2.36. The molecule has 9 heteroatoms. The van der Waals surface area contributed by atoms with Crippen LogP contribution in [-0.2, 0) is 10.9 Å². The molecule has 1 aromatic heterocycles. The van der Waals surface area contributed by atoms with Crippen LogP contribution in [0.3, 0.4) is 0 Å². The number of hydrogen-bond acceptors (Lipinski definition) is 4. The largest absolute Gasteiger partial charge is 0.447 e. The molecule has 1 aliphatic rings. The number of cyclic esters (lactones) is 1. The van der Waals surface area contributed by atoms with Gasteiger partial charge in [0, 0.05) is 22.3 Å². The van der Waals surface area contributed by atoms with Gasteiger partial charge in [0.1, 0.15) is 6.61 Å². The molecule has 0 spiro atoms. The highest BCUT2D eigenvalue weighted by Gasteiger charge is 2.35. The zero-order chi connectivity index (χ0) is 20.8. The number of aromatic nitrogens is 1. The summed E-state index contributed by atoms with van der Waals surface area (Å²) in [5.41, 5.74) is -1.18. The van der Waals surface area contributed by atoms with Crippen LogP contribution in [0.4, 0.5) is 23.7 Å². The molecule has 4 rings (SSSR count). The highest BCUT2D eigenvalue weighted by molar-refractivity contribution is 5.95. The number of amides is 1. The summed E-state index contributed by atoms with van der Waals surface area (Å²) in [6.45, 7) is -0.288. The Morgan fingerprint density at radius 3 is 2.62 bits per heavy atom. The van der Waals surface area contributed by atoms with Crippen LogP contribution in [0.15, 0.2) is 53.3 Å². The van der Waals surface area contributed by atoms with E-state index in [4.69, 9.17) is 4.74 Å². The zero-order valence-corrected chi connectivity index (χ0v) is 14.9.